The molecule has 2 N–H and O–H groups in total. The van der Waals surface area contributed by atoms with E-state index in [1.807, 2.05) is 19.2 Å². The van der Waals surface area contributed by atoms with E-state index in [9.17, 15) is 4.79 Å². The zero-order chi connectivity index (χ0) is 17.1. The fourth-order valence-electron chi connectivity index (χ4n) is 2.15. The normalized spacial score (nSPS) is 10.8. The molecule has 0 aliphatic carbocycles. The second-order valence-corrected chi connectivity index (χ2v) is 6.74. The van der Waals surface area contributed by atoms with Gasteiger partial charge in [-0.05, 0) is 30.2 Å². The maximum atomic E-state index is 12.5. The van der Waals surface area contributed by atoms with Gasteiger partial charge in [-0.2, -0.15) is 5.10 Å². The highest BCUT2D eigenvalue weighted by Gasteiger charge is 2.20. The van der Waals surface area contributed by atoms with Crippen molar-refractivity contribution < 1.29 is 4.79 Å². The third-order valence-electron chi connectivity index (χ3n) is 3.31. The quantitative estimate of drug-likeness (QED) is 0.677. The zero-order valence-corrected chi connectivity index (χ0v) is 14.7. The number of rotatable bonds is 5. The van der Waals surface area contributed by atoms with Crippen molar-refractivity contribution in [3.8, 4) is 5.13 Å². The minimum absolute atomic E-state index is 0.113. The smallest absolute Gasteiger partial charge is 0.273 e. The van der Waals surface area contributed by atoms with Gasteiger partial charge >= 0.3 is 0 Å². The van der Waals surface area contributed by atoms with Gasteiger partial charge in [0.2, 0.25) is 5.13 Å². The molecule has 0 radical (unpaired) electrons. The number of halogens is 1. The highest BCUT2D eigenvalue weighted by molar-refractivity contribution is 7.12. The average molecular weight is 362 g/mol. The lowest BCUT2D eigenvalue weighted by Crippen LogP contribution is -2.29. The van der Waals surface area contributed by atoms with E-state index in [4.69, 9.17) is 11.6 Å². The van der Waals surface area contributed by atoms with Gasteiger partial charge < -0.3 is 0 Å². The van der Waals surface area contributed by atoms with Crippen LogP contribution in [-0.2, 0) is 0 Å². The summed E-state index contributed by atoms with van der Waals surface area (Å²) in [7, 11) is 0. The molecule has 0 atom stereocenters. The molecule has 2 heterocycles. The largest absolute Gasteiger partial charge is 0.298 e. The first-order chi connectivity index (χ1) is 11.5. The van der Waals surface area contributed by atoms with Gasteiger partial charge in [-0.3, -0.25) is 15.6 Å². The Hall–Kier alpha value is -2.38. The number of hydrazine groups is 1. The minimum atomic E-state index is -0.253. The second kappa shape index (κ2) is 7.02. The number of carbonyl (C=O) groups excluding carboxylic acids is 1. The van der Waals surface area contributed by atoms with Crippen molar-refractivity contribution in [1.29, 1.82) is 0 Å². The summed E-state index contributed by atoms with van der Waals surface area (Å²) < 4.78 is 1.64. The van der Waals surface area contributed by atoms with Crippen LogP contribution in [0.1, 0.15) is 35.8 Å². The van der Waals surface area contributed by atoms with Gasteiger partial charge in [0.1, 0.15) is 0 Å². The number of amides is 1. The summed E-state index contributed by atoms with van der Waals surface area (Å²) in [4.78, 5) is 16.7. The molecule has 0 aliphatic rings. The van der Waals surface area contributed by atoms with Crippen LogP contribution < -0.4 is 10.9 Å². The van der Waals surface area contributed by atoms with Crippen LogP contribution in [0.25, 0.3) is 5.13 Å². The van der Waals surface area contributed by atoms with Crippen LogP contribution in [0.4, 0.5) is 5.69 Å². The number of hydrogen-bond donors (Lipinski definition) is 2. The van der Waals surface area contributed by atoms with Gasteiger partial charge in [0.25, 0.3) is 5.91 Å². The molecule has 0 aliphatic heterocycles. The van der Waals surface area contributed by atoms with Crippen LogP contribution in [0.5, 0.6) is 0 Å². The van der Waals surface area contributed by atoms with Crippen LogP contribution in [0, 0.1) is 0 Å². The molecule has 3 rings (SSSR count). The molecule has 0 bridgehead atoms. The summed E-state index contributed by atoms with van der Waals surface area (Å²) in [5.74, 6) is -0.140. The van der Waals surface area contributed by atoms with E-state index in [-0.39, 0.29) is 11.8 Å². The second-order valence-electron chi connectivity index (χ2n) is 5.43. The minimum Gasteiger partial charge on any atom is -0.298 e. The number of anilines is 1. The van der Waals surface area contributed by atoms with Crippen LogP contribution in [0.15, 0.2) is 42.0 Å². The van der Waals surface area contributed by atoms with Gasteiger partial charge in [-0.15, -0.1) is 11.3 Å². The third kappa shape index (κ3) is 3.58. The van der Waals surface area contributed by atoms with Crippen LogP contribution in [0.3, 0.4) is 0 Å². The van der Waals surface area contributed by atoms with E-state index in [2.05, 4.69) is 20.9 Å². The standard InChI is InChI=1S/C16H16ClN5OS/c1-10(2)14-13(9-22(21-14)16-18-7-8-24-16)15(23)20-19-12-5-3-11(17)4-6-12/h3-10,19H,1-2H3,(H,20,23). The number of hydrogen-bond acceptors (Lipinski definition) is 5. The Kier molecular flexibility index (Phi) is 4.82. The molecule has 1 amide bonds. The van der Waals surface area contributed by atoms with Crippen molar-refractivity contribution in [2.75, 3.05) is 5.43 Å². The predicted octanol–water partition coefficient (Wildman–Crippen LogP) is 3.86. The van der Waals surface area contributed by atoms with Gasteiger partial charge in [0.05, 0.1) is 16.9 Å². The Balaban J connectivity index is 1.79. The number of nitrogens with zero attached hydrogens (tertiary/aromatic N) is 3. The molecule has 24 heavy (non-hydrogen) atoms. The molecule has 0 saturated heterocycles. The third-order valence-corrected chi connectivity index (χ3v) is 4.33. The van der Waals surface area contributed by atoms with Crippen molar-refractivity contribution in [2.45, 2.75) is 19.8 Å². The summed E-state index contributed by atoms with van der Waals surface area (Å²) in [6.45, 7) is 4.00. The molecule has 6 nitrogen and oxygen atoms in total. The molecular weight excluding hydrogens is 346 g/mol. The monoisotopic (exact) mass is 361 g/mol. The van der Waals surface area contributed by atoms with E-state index < -0.39 is 0 Å². The molecule has 8 heteroatoms. The number of nitrogens with one attached hydrogen (secondary N) is 2. The molecule has 1 aromatic carbocycles. The Labute approximate surface area is 148 Å². The molecule has 2 aromatic heterocycles. The SMILES string of the molecule is CC(C)c1nn(-c2nccs2)cc1C(=O)NNc1ccc(Cl)cc1. The van der Waals surface area contributed by atoms with Crippen LogP contribution >= 0.6 is 22.9 Å². The Morgan fingerprint density at radius 3 is 2.67 bits per heavy atom. The highest BCUT2D eigenvalue weighted by Crippen LogP contribution is 2.21. The number of carbonyl (C=O) groups is 1. The van der Waals surface area contributed by atoms with Crippen LogP contribution in [-0.4, -0.2) is 20.7 Å². The molecule has 0 unspecified atom stereocenters. The topological polar surface area (TPSA) is 71.8 Å². The van der Waals surface area contributed by atoms with Crippen molar-refractivity contribution >= 4 is 34.5 Å². The van der Waals surface area contributed by atoms with Crippen molar-refractivity contribution in [3.63, 3.8) is 0 Å². The lowest BCUT2D eigenvalue weighted by atomic mass is 10.1. The summed E-state index contributed by atoms with van der Waals surface area (Å²) in [5, 5.41) is 7.73. The van der Waals surface area contributed by atoms with E-state index in [0.717, 1.165) is 16.5 Å². The van der Waals surface area contributed by atoms with Gasteiger partial charge in [-0.1, -0.05) is 25.4 Å². The van der Waals surface area contributed by atoms with Gasteiger partial charge in [0, 0.05) is 22.8 Å². The van der Waals surface area contributed by atoms with E-state index in [1.54, 1.807) is 41.3 Å². The van der Waals surface area contributed by atoms with E-state index in [0.29, 0.717) is 10.6 Å². The van der Waals surface area contributed by atoms with Gasteiger partial charge in [0.15, 0.2) is 0 Å². The predicted molar refractivity (Wildman–Crippen MR) is 95.9 cm³/mol. The number of aromatic nitrogens is 3. The maximum Gasteiger partial charge on any atom is 0.273 e. The fourth-order valence-corrected chi connectivity index (χ4v) is 2.84. The lowest BCUT2D eigenvalue weighted by Gasteiger charge is -2.09. The molecular formula is C16H16ClN5OS. The first-order valence-electron chi connectivity index (χ1n) is 7.36. The number of thiazole rings is 1. The molecule has 0 fully saturated rings. The van der Waals surface area contributed by atoms with Crippen molar-refractivity contribution in [2.24, 2.45) is 0 Å². The van der Waals surface area contributed by atoms with Crippen molar-refractivity contribution in [3.05, 3.63) is 58.3 Å². The summed E-state index contributed by atoms with van der Waals surface area (Å²) >= 11 is 7.31. The molecule has 0 saturated carbocycles. The maximum absolute atomic E-state index is 12.5. The number of benzene rings is 1. The van der Waals surface area contributed by atoms with E-state index in [1.165, 1.54) is 11.3 Å². The van der Waals surface area contributed by atoms with E-state index >= 15 is 0 Å². The molecule has 3 aromatic rings. The average Bonchev–Trinajstić information content (AvgIpc) is 3.23. The van der Waals surface area contributed by atoms with Crippen LogP contribution in [0.2, 0.25) is 5.02 Å². The lowest BCUT2D eigenvalue weighted by molar-refractivity contribution is 0.0961. The summed E-state index contributed by atoms with van der Waals surface area (Å²) in [5.41, 5.74) is 7.54. The Morgan fingerprint density at radius 2 is 2.04 bits per heavy atom. The first-order valence-corrected chi connectivity index (χ1v) is 8.61. The Morgan fingerprint density at radius 1 is 1.29 bits per heavy atom. The Bertz CT molecular complexity index is 827. The van der Waals surface area contributed by atoms with Gasteiger partial charge in [-0.25, -0.2) is 9.67 Å². The first kappa shape index (κ1) is 16.5. The molecule has 124 valence electrons. The summed E-state index contributed by atoms with van der Waals surface area (Å²) in [6, 6.07) is 7.06. The zero-order valence-electron chi connectivity index (χ0n) is 13.2. The highest BCUT2D eigenvalue weighted by atomic mass is 35.5. The fraction of sp³-hybridized carbons (Fsp3) is 0.188. The van der Waals surface area contributed by atoms with Crippen molar-refractivity contribution in [1.82, 2.24) is 20.2 Å². The molecule has 0 spiro atoms. The summed E-state index contributed by atoms with van der Waals surface area (Å²) in [6.07, 6.45) is 3.41.